The molecule has 118 valence electrons. The van der Waals surface area contributed by atoms with Crippen LogP contribution < -0.4 is 5.32 Å². The number of nitrogens with zero attached hydrogens (tertiary/aromatic N) is 2. The molecule has 1 aromatic rings. The predicted molar refractivity (Wildman–Crippen MR) is 85.3 cm³/mol. The molecule has 0 atom stereocenters. The summed E-state index contributed by atoms with van der Waals surface area (Å²) in [5, 5.41) is 2.95. The van der Waals surface area contributed by atoms with Crippen LogP contribution >= 0.6 is 0 Å². The quantitative estimate of drug-likeness (QED) is 0.801. The molecule has 0 aliphatic rings. The summed E-state index contributed by atoms with van der Waals surface area (Å²) in [6.45, 7) is 6.63. The van der Waals surface area contributed by atoms with Gasteiger partial charge in [0.05, 0.1) is 11.3 Å². The Kier molecular flexibility index (Phi) is 7.15. The summed E-state index contributed by atoms with van der Waals surface area (Å²) in [7, 11) is 4.02. The third kappa shape index (κ3) is 5.01. The van der Waals surface area contributed by atoms with Crippen molar-refractivity contribution >= 4 is 11.6 Å². The molecule has 4 nitrogen and oxygen atoms in total. The highest BCUT2D eigenvalue weighted by Crippen LogP contribution is 2.21. The normalized spacial score (nSPS) is 10.8. The molecule has 1 aromatic carbocycles. The number of carbonyl (C=O) groups is 1. The fraction of sp³-hybridized carbons (Fsp3) is 0.562. The first-order chi connectivity index (χ1) is 10.0. The zero-order valence-electron chi connectivity index (χ0n) is 13.4. The summed E-state index contributed by atoms with van der Waals surface area (Å²) in [4.78, 5) is 16.5. The second-order valence-corrected chi connectivity index (χ2v) is 5.23. The number of amides is 1. The molecule has 0 spiro atoms. The molecule has 0 bridgehead atoms. The molecule has 0 unspecified atom stereocenters. The zero-order chi connectivity index (χ0) is 15.8. The van der Waals surface area contributed by atoms with E-state index in [1.54, 1.807) is 17.0 Å². The maximum absolute atomic E-state index is 13.9. The van der Waals surface area contributed by atoms with Gasteiger partial charge in [-0.05, 0) is 53.0 Å². The molecule has 21 heavy (non-hydrogen) atoms. The molecule has 5 heteroatoms. The van der Waals surface area contributed by atoms with Crippen LogP contribution in [0.25, 0.3) is 0 Å². The SMILES string of the molecule is CCNc1c(F)cccc1C(=O)N(CC)CCCN(C)C. The third-order valence-electron chi connectivity index (χ3n) is 3.30. The molecular formula is C16H26FN3O. The fourth-order valence-corrected chi connectivity index (χ4v) is 2.21. The van der Waals surface area contributed by atoms with Gasteiger partial charge in [0.2, 0.25) is 0 Å². The fourth-order valence-electron chi connectivity index (χ4n) is 2.21. The molecule has 0 radical (unpaired) electrons. The lowest BCUT2D eigenvalue weighted by Crippen LogP contribution is -2.33. The van der Waals surface area contributed by atoms with E-state index in [9.17, 15) is 9.18 Å². The number of halogens is 1. The van der Waals surface area contributed by atoms with E-state index >= 15 is 0 Å². The summed E-state index contributed by atoms with van der Waals surface area (Å²) >= 11 is 0. The lowest BCUT2D eigenvalue weighted by atomic mass is 10.1. The average Bonchev–Trinajstić information content (AvgIpc) is 2.45. The second-order valence-electron chi connectivity index (χ2n) is 5.23. The van der Waals surface area contributed by atoms with E-state index in [2.05, 4.69) is 10.2 Å². The molecule has 1 amide bonds. The Balaban J connectivity index is 2.87. The number of anilines is 1. The van der Waals surface area contributed by atoms with Crippen LogP contribution in [0.3, 0.4) is 0 Å². The Morgan fingerprint density at radius 3 is 2.52 bits per heavy atom. The van der Waals surface area contributed by atoms with Crippen LogP contribution in [0.1, 0.15) is 30.6 Å². The number of carbonyl (C=O) groups excluding carboxylic acids is 1. The Bertz CT molecular complexity index is 463. The first kappa shape index (κ1) is 17.4. The zero-order valence-corrected chi connectivity index (χ0v) is 13.4. The van der Waals surface area contributed by atoms with Crippen LogP contribution in [-0.2, 0) is 0 Å². The van der Waals surface area contributed by atoms with E-state index in [-0.39, 0.29) is 11.7 Å². The highest BCUT2D eigenvalue weighted by atomic mass is 19.1. The maximum Gasteiger partial charge on any atom is 0.256 e. The van der Waals surface area contributed by atoms with Crippen molar-refractivity contribution in [2.24, 2.45) is 0 Å². The van der Waals surface area contributed by atoms with Gasteiger partial charge in [0, 0.05) is 19.6 Å². The highest BCUT2D eigenvalue weighted by Gasteiger charge is 2.19. The first-order valence-corrected chi connectivity index (χ1v) is 7.47. The van der Waals surface area contributed by atoms with Gasteiger partial charge in [-0.25, -0.2) is 4.39 Å². The van der Waals surface area contributed by atoms with Crippen molar-refractivity contribution < 1.29 is 9.18 Å². The predicted octanol–water partition coefficient (Wildman–Crippen LogP) is 2.67. The molecule has 0 aliphatic heterocycles. The number of para-hydroxylation sites is 1. The lowest BCUT2D eigenvalue weighted by Gasteiger charge is -2.23. The van der Waals surface area contributed by atoms with Crippen LogP contribution in [-0.4, -0.2) is 56.0 Å². The Morgan fingerprint density at radius 2 is 1.95 bits per heavy atom. The first-order valence-electron chi connectivity index (χ1n) is 7.47. The van der Waals surface area contributed by atoms with Gasteiger partial charge in [-0.2, -0.15) is 0 Å². The number of benzene rings is 1. The van der Waals surface area contributed by atoms with Gasteiger partial charge in [-0.1, -0.05) is 6.07 Å². The topological polar surface area (TPSA) is 35.6 Å². The summed E-state index contributed by atoms with van der Waals surface area (Å²) in [6.07, 6.45) is 0.901. The van der Waals surface area contributed by atoms with Crippen LogP contribution in [0.2, 0.25) is 0 Å². The summed E-state index contributed by atoms with van der Waals surface area (Å²) in [5.41, 5.74) is 0.708. The molecule has 0 aliphatic carbocycles. The molecule has 1 N–H and O–H groups in total. The van der Waals surface area contributed by atoms with Gasteiger partial charge in [-0.3, -0.25) is 4.79 Å². The van der Waals surface area contributed by atoms with Crippen LogP contribution in [0.4, 0.5) is 10.1 Å². The van der Waals surface area contributed by atoms with Gasteiger partial charge in [0.15, 0.2) is 0 Å². The molecule has 0 saturated carbocycles. The van der Waals surface area contributed by atoms with Crippen molar-refractivity contribution in [3.05, 3.63) is 29.6 Å². The van der Waals surface area contributed by atoms with Crippen LogP contribution in [0.5, 0.6) is 0 Å². The van der Waals surface area contributed by atoms with Crippen molar-refractivity contribution in [2.75, 3.05) is 45.6 Å². The van der Waals surface area contributed by atoms with E-state index in [1.165, 1.54) is 6.07 Å². The van der Waals surface area contributed by atoms with Crippen LogP contribution in [0.15, 0.2) is 18.2 Å². The minimum absolute atomic E-state index is 0.119. The Hall–Kier alpha value is -1.62. The van der Waals surface area contributed by atoms with Crippen molar-refractivity contribution in [1.82, 2.24) is 9.80 Å². The molecule has 0 fully saturated rings. The molecular weight excluding hydrogens is 269 g/mol. The third-order valence-corrected chi connectivity index (χ3v) is 3.30. The Labute approximate surface area is 126 Å². The van der Waals surface area contributed by atoms with E-state index < -0.39 is 0 Å². The van der Waals surface area contributed by atoms with E-state index in [1.807, 2.05) is 27.9 Å². The monoisotopic (exact) mass is 295 g/mol. The molecule has 1 rings (SSSR count). The summed E-state index contributed by atoms with van der Waals surface area (Å²) < 4.78 is 13.9. The van der Waals surface area contributed by atoms with E-state index in [0.717, 1.165) is 13.0 Å². The number of hydrogen-bond donors (Lipinski definition) is 1. The molecule has 0 aromatic heterocycles. The van der Waals surface area contributed by atoms with Crippen molar-refractivity contribution in [2.45, 2.75) is 20.3 Å². The van der Waals surface area contributed by atoms with Gasteiger partial charge in [0.25, 0.3) is 5.91 Å². The van der Waals surface area contributed by atoms with E-state index in [0.29, 0.717) is 30.9 Å². The molecule has 0 saturated heterocycles. The number of hydrogen-bond acceptors (Lipinski definition) is 3. The lowest BCUT2D eigenvalue weighted by molar-refractivity contribution is 0.0760. The number of rotatable bonds is 8. The molecule has 0 heterocycles. The van der Waals surface area contributed by atoms with Crippen molar-refractivity contribution in [1.29, 1.82) is 0 Å². The summed E-state index contributed by atoms with van der Waals surface area (Å²) in [5.74, 6) is -0.501. The smallest absolute Gasteiger partial charge is 0.256 e. The van der Waals surface area contributed by atoms with Crippen molar-refractivity contribution in [3.8, 4) is 0 Å². The minimum Gasteiger partial charge on any atom is -0.382 e. The Morgan fingerprint density at radius 1 is 1.24 bits per heavy atom. The van der Waals surface area contributed by atoms with Gasteiger partial charge >= 0.3 is 0 Å². The van der Waals surface area contributed by atoms with Gasteiger partial charge in [0.1, 0.15) is 5.82 Å². The second kappa shape index (κ2) is 8.62. The van der Waals surface area contributed by atoms with Crippen LogP contribution in [0, 0.1) is 5.82 Å². The summed E-state index contributed by atoms with van der Waals surface area (Å²) in [6, 6.07) is 4.63. The van der Waals surface area contributed by atoms with E-state index in [4.69, 9.17) is 0 Å². The van der Waals surface area contributed by atoms with Crippen molar-refractivity contribution in [3.63, 3.8) is 0 Å². The van der Waals surface area contributed by atoms with Gasteiger partial charge in [-0.15, -0.1) is 0 Å². The maximum atomic E-state index is 13.9. The average molecular weight is 295 g/mol. The van der Waals surface area contributed by atoms with Gasteiger partial charge < -0.3 is 15.1 Å². The number of nitrogens with one attached hydrogen (secondary N) is 1. The highest BCUT2D eigenvalue weighted by molar-refractivity contribution is 5.99. The minimum atomic E-state index is -0.382. The standard InChI is InChI=1S/C16H26FN3O/c1-5-18-15-13(9-7-10-14(15)17)16(21)20(6-2)12-8-11-19(3)4/h7,9-10,18H,5-6,8,11-12H2,1-4H3. The largest absolute Gasteiger partial charge is 0.382 e.